The van der Waals surface area contributed by atoms with Crippen molar-refractivity contribution in [1.29, 1.82) is 0 Å². The van der Waals surface area contributed by atoms with Crippen molar-refractivity contribution in [1.82, 2.24) is 5.32 Å². The normalized spacial score (nSPS) is 34.5. The highest BCUT2D eigenvalue weighted by Gasteiger charge is 2.43. The van der Waals surface area contributed by atoms with Gasteiger partial charge in [0.2, 0.25) is 0 Å². The second kappa shape index (κ2) is 5.19. The summed E-state index contributed by atoms with van der Waals surface area (Å²) in [5.41, 5.74) is 0. The van der Waals surface area contributed by atoms with Gasteiger partial charge in [-0.3, -0.25) is 4.79 Å². The standard InChI is InChI=1S/C9H14F3NO4/c1-4-7(14)5(3-6(16-2)17-4)13-8(15)9(10,11)12/h4-7,14H,3H2,1-2H3,(H,13,15)/t4-,5-,6+,7-/m0/s1. The number of ether oxygens (including phenoxy) is 2. The van der Waals surface area contributed by atoms with E-state index in [1.807, 2.05) is 0 Å². The average Bonchev–Trinajstić information content (AvgIpc) is 2.22. The minimum atomic E-state index is -4.97. The highest BCUT2D eigenvalue weighted by Crippen LogP contribution is 2.22. The summed E-state index contributed by atoms with van der Waals surface area (Å²) in [6.45, 7) is 1.49. The van der Waals surface area contributed by atoms with Gasteiger partial charge in [0.25, 0.3) is 0 Å². The molecule has 1 aliphatic heterocycles. The zero-order valence-electron chi connectivity index (χ0n) is 9.32. The molecule has 0 unspecified atom stereocenters. The van der Waals surface area contributed by atoms with Gasteiger partial charge >= 0.3 is 12.1 Å². The van der Waals surface area contributed by atoms with Crippen LogP contribution in [0.5, 0.6) is 0 Å². The number of hydrogen-bond acceptors (Lipinski definition) is 4. The van der Waals surface area contributed by atoms with E-state index in [-0.39, 0.29) is 6.42 Å². The van der Waals surface area contributed by atoms with Crippen LogP contribution >= 0.6 is 0 Å². The van der Waals surface area contributed by atoms with E-state index in [1.165, 1.54) is 14.0 Å². The molecule has 5 nitrogen and oxygen atoms in total. The summed E-state index contributed by atoms with van der Waals surface area (Å²) in [5.74, 6) is -2.08. The molecular weight excluding hydrogens is 243 g/mol. The maximum Gasteiger partial charge on any atom is 0.471 e. The van der Waals surface area contributed by atoms with Crippen LogP contribution in [0.1, 0.15) is 13.3 Å². The van der Waals surface area contributed by atoms with Gasteiger partial charge in [-0.05, 0) is 6.92 Å². The van der Waals surface area contributed by atoms with Gasteiger partial charge in [0.05, 0.1) is 12.1 Å². The van der Waals surface area contributed by atoms with Gasteiger partial charge in [-0.2, -0.15) is 13.2 Å². The van der Waals surface area contributed by atoms with Crippen LogP contribution in [-0.2, 0) is 14.3 Å². The fraction of sp³-hybridized carbons (Fsp3) is 0.889. The fourth-order valence-electron chi connectivity index (χ4n) is 1.60. The van der Waals surface area contributed by atoms with Gasteiger partial charge in [-0.1, -0.05) is 0 Å². The lowest BCUT2D eigenvalue weighted by molar-refractivity contribution is -0.218. The van der Waals surface area contributed by atoms with Crippen molar-refractivity contribution in [2.24, 2.45) is 0 Å². The number of amides is 1. The van der Waals surface area contributed by atoms with Crippen molar-refractivity contribution >= 4 is 5.91 Å². The van der Waals surface area contributed by atoms with E-state index in [0.717, 1.165) is 0 Å². The number of hydrogen-bond donors (Lipinski definition) is 2. The summed E-state index contributed by atoms with van der Waals surface area (Å²) in [6.07, 6.45) is -7.67. The largest absolute Gasteiger partial charge is 0.471 e. The Hall–Kier alpha value is -0.860. The van der Waals surface area contributed by atoms with Gasteiger partial charge < -0.3 is 19.9 Å². The smallest absolute Gasteiger partial charge is 0.388 e. The molecule has 1 rings (SSSR count). The lowest BCUT2D eigenvalue weighted by Gasteiger charge is -2.37. The molecule has 1 heterocycles. The lowest BCUT2D eigenvalue weighted by Crippen LogP contribution is -2.57. The molecule has 0 radical (unpaired) electrons. The number of methoxy groups -OCH3 is 1. The summed E-state index contributed by atoms with van der Waals surface area (Å²) in [7, 11) is 1.33. The van der Waals surface area contributed by atoms with Crippen LogP contribution in [0, 0.1) is 0 Å². The van der Waals surface area contributed by atoms with Gasteiger partial charge in [0.15, 0.2) is 6.29 Å². The predicted octanol–water partition coefficient (Wildman–Crippen LogP) is 0.176. The van der Waals surface area contributed by atoms with Gasteiger partial charge in [0, 0.05) is 13.5 Å². The Balaban J connectivity index is 2.65. The minimum Gasteiger partial charge on any atom is -0.388 e. The third kappa shape index (κ3) is 3.55. The van der Waals surface area contributed by atoms with Crippen LogP contribution in [0.25, 0.3) is 0 Å². The zero-order valence-corrected chi connectivity index (χ0v) is 9.32. The minimum absolute atomic E-state index is 0.0379. The highest BCUT2D eigenvalue weighted by atomic mass is 19.4. The van der Waals surface area contributed by atoms with Crippen LogP contribution in [0.2, 0.25) is 0 Å². The quantitative estimate of drug-likeness (QED) is 0.740. The Kier molecular flexibility index (Phi) is 4.34. The van der Waals surface area contributed by atoms with Crippen molar-refractivity contribution in [3.05, 3.63) is 0 Å². The molecule has 0 bridgehead atoms. The molecular formula is C9H14F3NO4. The first-order valence-electron chi connectivity index (χ1n) is 4.99. The second-order valence-electron chi connectivity index (χ2n) is 3.81. The summed E-state index contributed by atoms with van der Waals surface area (Å²) in [4.78, 5) is 10.8. The topological polar surface area (TPSA) is 67.8 Å². The SMILES string of the molecule is CO[C@H]1C[C@H](NC(=O)C(F)(F)F)[C@@H](O)[C@H](C)O1. The molecule has 0 aromatic rings. The summed E-state index contributed by atoms with van der Waals surface area (Å²) >= 11 is 0. The van der Waals surface area contributed by atoms with Crippen molar-refractivity contribution in [3.63, 3.8) is 0 Å². The van der Waals surface area contributed by atoms with Gasteiger partial charge in [-0.25, -0.2) is 0 Å². The van der Waals surface area contributed by atoms with E-state index in [1.54, 1.807) is 5.32 Å². The Bertz CT molecular complexity index is 284. The van der Waals surface area contributed by atoms with Gasteiger partial charge in [-0.15, -0.1) is 0 Å². The first-order chi connectivity index (χ1) is 7.75. The molecule has 1 saturated heterocycles. The number of halogens is 3. The number of aliphatic hydroxyl groups is 1. The number of nitrogens with one attached hydrogen (secondary N) is 1. The molecule has 1 amide bonds. The lowest BCUT2D eigenvalue weighted by atomic mass is 9.99. The zero-order chi connectivity index (χ0) is 13.2. The van der Waals surface area contributed by atoms with Crippen molar-refractivity contribution in [2.45, 2.75) is 44.1 Å². The van der Waals surface area contributed by atoms with E-state index in [0.29, 0.717) is 0 Å². The third-order valence-corrected chi connectivity index (χ3v) is 2.54. The molecule has 1 aliphatic rings. The average molecular weight is 257 g/mol. The summed E-state index contributed by atoms with van der Waals surface area (Å²) < 4.78 is 46.1. The number of carbonyl (C=O) groups excluding carboxylic acids is 1. The van der Waals surface area contributed by atoms with Crippen molar-refractivity contribution in [3.8, 4) is 0 Å². The molecule has 17 heavy (non-hydrogen) atoms. The molecule has 0 aliphatic carbocycles. The number of aliphatic hydroxyl groups excluding tert-OH is 1. The maximum atomic E-state index is 12.1. The number of rotatable bonds is 2. The van der Waals surface area contributed by atoms with Crippen LogP contribution < -0.4 is 5.32 Å². The Morgan fingerprint density at radius 3 is 2.59 bits per heavy atom. The first-order valence-corrected chi connectivity index (χ1v) is 4.99. The summed E-state index contributed by atoms with van der Waals surface area (Å²) in [6, 6.07) is -1.04. The fourth-order valence-corrected chi connectivity index (χ4v) is 1.60. The number of carbonyl (C=O) groups is 1. The highest BCUT2D eigenvalue weighted by molar-refractivity contribution is 5.82. The molecule has 100 valence electrons. The van der Waals surface area contributed by atoms with E-state index < -0.39 is 36.6 Å². The Labute approximate surface area is 95.9 Å². The molecule has 0 aromatic carbocycles. The molecule has 8 heteroatoms. The molecule has 4 atom stereocenters. The predicted molar refractivity (Wildman–Crippen MR) is 50.0 cm³/mol. The van der Waals surface area contributed by atoms with E-state index in [2.05, 4.69) is 0 Å². The van der Waals surface area contributed by atoms with Crippen molar-refractivity contribution in [2.75, 3.05) is 7.11 Å². The van der Waals surface area contributed by atoms with Crippen LogP contribution in [0.4, 0.5) is 13.2 Å². The van der Waals surface area contributed by atoms with Gasteiger partial charge in [0.1, 0.15) is 6.10 Å². The Morgan fingerprint density at radius 2 is 2.12 bits per heavy atom. The molecule has 0 spiro atoms. The number of alkyl halides is 3. The van der Waals surface area contributed by atoms with E-state index in [9.17, 15) is 23.1 Å². The van der Waals surface area contributed by atoms with E-state index in [4.69, 9.17) is 9.47 Å². The van der Waals surface area contributed by atoms with Crippen LogP contribution in [0.15, 0.2) is 0 Å². The third-order valence-electron chi connectivity index (χ3n) is 2.54. The first kappa shape index (κ1) is 14.2. The monoisotopic (exact) mass is 257 g/mol. The van der Waals surface area contributed by atoms with Crippen LogP contribution in [-0.4, -0.2) is 48.8 Å². The summed E-state index contributed by atoms with van der Waals surface area (Å²) in [5, 5.41) is 11.3. The molecule has 0 aromatic heterocycles. The van der Waals surface area contributed by atoms with Crippen LogP contribution in [0.3, 0.4) is 0 Å². The van der Waals surface area contributed by atoms with Crippen molar-refractivity contribution < 1.29 is 32.5 Å². The molecule has 0 saturated carbocycles. The van der Waals surface area contributed by atoms with E-state index >= 15 is 0 Å². The Morgan fingerprint density at radius 1 is 1.53 bits per heavy atom. The molecule has 1 fully saturated rings. The second-order valence-corrected chi connectivity index (χ2v) is 3.81. The molecule has 2 N–H and O–H groups in total. The maximum absolute atomic E-state index is 12.1.